The first-order valence-corrected chi connectivity index (χ1v) is 10.3. The third kappa shape index (κ3) is 4.46. The minimum Gasteiger partial charge on any atom is -0.292 e. The molecule has 0 aliphatic rings. The minimum absolute atomic E-state index is 0.0397. The second kappa shape index (κ2) is 8.59. The van der Waals surface area contributed by atoms with Crippen molar-refractivity contribution in [1.29, 1.82) is 0 Å². The van der Waals surface area contributed by atoms with Gasteiger partial charge in [-0.3, -0.25) is 19.7 Å². The lowest BCUT2D eigenvalue weighted by atomic mass is 10.0. The summed E-state index contributed by atoms with van der Waals surface area (Å²) in [5, 5.41) is 0.419. The molecule has 0 fully saturated rings. The maximum Gasteiger partial charge on any atom is 0.191 e. The summed E-state index contributed by atoms with van der Waals surface area (Å²) in [5.74, 6) is -0.455. The van der Waals surface area contributed by atoms with Gasteiger partial charge in [0.2, 0.25) is 0 Å². The van der Waals surface area contributed by atoms with E-state index >= 15 is 0 Å². The molecule has 0 bridgehead atoms. The number of Topliss-reactive ketones (excluding diaryl/α,β-unsaturated/α-hetero) is 1. The van der Waals surface area contributed by atoms with E-state index in [1.165, 1.54) is 17.4 Å². The zero-order valence-corrected chi connectivity index (χ0v) is 17.4. The highest BCUT2D eigenvalue weighted by Crippen LogP contribution is 2.27. The summed E-state index contributed by atoms with van der Waals surface area (Å²) in [6, 6.07) is 7.40. The van der Waals surface area contributed by atoms with Crippen molar-refractivity contribution >= 4 is 17.1 Å². The molecule has 0 radical (unpaired) electrons. The molecule has 0 atom stereocenters. The average molecular weight is 418 g/mol. The van der Waals surface area contributed by atoms with Gasteiger partial charge in [-0.2, -0.15) is 0 Å². The first-order chi connectivity index (χ1) is 14.5. The predicted octanol–water partition coefficient (Wildman–Crippen LogP) is 5.23. The van der Waals surface area contributed by atoms with Crippen molar-refractivity contribution < 1.29 is 9.18 Å². The van der Waals surface area contributed by atoms with E-state index in [9.17, 15) is 9.18 Å². The summed E-state index contributed by atoms with van der Waals surface area (Å²) in [7, 11) is 0. The van der Waals surface area contributed by atoms with Crippen LogP contribution in [0.3, 0.4) is 0 Å². The molecule has 0 saturated carbocycles. The molecule has 5 nitrogen and oxygen atoms in total. The SMILES string of the molecule is Cc1cc(-c2ncc(CCC(=O)c3ncc(-c4cncc(F)c4)s3)cc2C)ccn1. The van der Waals surface area contributed by atoms with E-state index in [4.69, 9.17) is 0 Å². The molecule has 0 aliphatic carbocycles. The Morgan fingerprint density at radius 3 is 2.63 bits per heavy atom. The van der Waals surface area contributed by atoms with Crippen molar-refractivity contribution in [3.8, 4) is 21.7 Å². The monoisotopic (exact) mass is 418 g/mol. The molecule has 30 heavy (non-hydrogen) atoms. The molecule has 0 unspecified atom stereocenters. The van der Waals surface area contributed by atoms with Gasteiger partial charge in [0, 0.05) is 48.0 Å². The van der Waals surface area contributed by atoms with Crippen molar-refractivity contribution in [3.63, 3.8) is 0 Å². The Morgan fingerprint density at radius 1 is 1.00 bits per heavy atom. The summed E-state index contributed by atoms with van der Waals surface area (Å²) < 4.78 is 13.4. The summed E-state index contributed by atoms with van der Waals surface area (Å²) in [6.45, 7) is 3.97. The van der Waals surface area contributed by atoms with Crippen LogP contribution in [0, 0.1) is 19.7 Å². The lowest BCUT2D eigenvalue weighted by Crippen LogP contribution is -2.01. The molecule has 7 heteroatoms. The highest BCUT2D eigenvalue weighted by molar-refractivity contribution is 7.17. The van der Waals surface area contributed by atoms with E-state index in [0.717, 1.165) is 39.2 Å². The van der Waals surface area contributed by atoms with Crippen LogP contribution in [0.5, 0.6) is 0 Å². The first kappa shape index (κ1) is 20.0. The summed E-state index contributed by atoms with van der Waals surface area (Å²) in [5.41, 5.74) is 5.57. The van der Waals surface area contributed by atoms with Gasteiger partial charge in [0.25, 0.3) is 0 Å². The Morgan fingerprint density at radius 2 is 1.87 bits per heavy atom. The normalized spacial score (nSPS) is 10.9. The number of carbonyl (C=O) groups excluding carboxylic acids is 1. The van der Waals surface area contributed by atoms with Crippen molar-refractivity contribution in [1.82, 2.24) is 19.9 Å². The molecule has 4 aromatic rings. The van der Waals surface area contributed by atoms with Crippen molar-refractivity contribution in [2.45, 2.75) is 26.7 Å². The molecule has 4 rings (SSSR count). The van der Waals surface area contributed by atoms with Gasteiger partial charge in [-0.1, -0.05) is 6.07 Å². The molecule has 0 saturated heterocycles. The van der Waals surface area contributed by atoms with E-state index in [1.54, 1.807) is 18.6 Å². The number of nitrogens with zero attached hydrogens (tertiary/aromatic N) is 4. The van der Waals surface area contributed by atoms with Gasteiger partial charge < -0.3 is 0 Å². The third-order valence-electron chi connectivity index (χ3n) is 4.68. The third-order valence-corrected chi connectivity index (χ3v) is 5.77. The van der Waals surface area contributed by atoms with Gasteiger partial charge >= 0.3 is 0 Å². The fraction of sp³-hybridized carbons (Fsp3) is 0.174. The maximum atomic E-state index is 13.4. The summed E-state index contributed by atoms with van der Waals surface area (Å²) in [4.78, 5) is 30.2. The van der Waals surface area contributed by atoms with Crippen LogP contribution >= 0.6 is 11.3 Å². The maximum absolute atomic E-state index is 13.4. The van der Waals surface area contributed by atoms with Crippen LogP contribution in [0.25, 0.3) is 21.7 Å². The van der Waals surface area contributed by atoms with Gasteiger partial charge in [0.15, 0.2) is 10.8 Å². The first-order valence-electron chi connectivity index (χ1n) is 9.48. The molecule has 0 aliphatic heterocycles. The van der Waals surface area contributed by atoms with Gasteiger partial charge in [-0.25, -0.2) is 9.37 Å². The lowest BCUT2D eigenvalue weighted by molar-refractivity contribution is 0.0982. The van der Waals surface area contributed by atoms with Crippen LogP contribution in [0.15, 0.2) is 55.2 Å². The fourth-order valence-electron chi connectivity index (χ4n) is 3.21. The number of thiazole rings is 1. The largest absolute Gasteiger partial charge is 0.292 e. The number of hydrogen-bond acceptors (Lipinski definition) is 6. The Kier molecular flexibility index (Phi) is 5.72. The van der Waals surface area contributed by atoms with Crippen LogP contribution in [0.4, 0.5) is 4.39 Å². The second-order valence-corrected chi connectivity index (χ2v) is 8.07. The van der Waals surface area contributed by atoms with Crippen LogP contribution in [0.2, 0.25) is 0 Å². The number of rotatable bonds is 6. The number of aryl methyl sites for hydroxylation is 3. The average Bonchev–Trinajstić information content (AvgIpc) is 3.22. The fourth-order valence-corrected chi connectivity index (χ4v) is 4.08. The summed E-state index contributed by atoms with van der Waals surface area (Å²) in [6.07, 6.45) is 8.81. The van der Waals surface area contributed by atoms with Crippen LogP contribution < -0.4 is 0 Å². The quantitative estimate of drug-likeness (QED) is 0.401. The van der Waals surface area contributed by atoms with Gasteiger partial charge in [0.05, 0.1) is 16.8 Å². The Hall–Kier alpha value is -3.32. The zero-order valence-electron chi connectivity index (χ0n) is 16.6. The predicted molar refractivity (Wildman–Crippen MR) is 115 cm³/mol. The lowest BCUT2D eigenvalue weighted by Gasteiger charge is -2.08. The molecule has 0 spiro atoms. The van der Waals surface area contributed by atoms with Gasteiger partial charge in [-0.15, -0.1) is 11.3 Å². The number of ketones is 1. The molecule has 4 aromatic heterocycles. The molecule has 150 valence electrons. The second-order valence-electron chi connectivity index (χ2n) is 7.04. The van der Waals surface area contributed by atoms with Crippen molar-refractivity contribution in [2.75, 3.05) is 0 Å². The molecule has 0 aromatic carbocycles. The van der Waals surface area contributed by atoms with E-state index in [2.05, 4.69) is 26.0 Å². The smallest absolute Gasteiger partial charge is 0.191 e. The number of aromatic nitrogens is 4. The van der Waals surface area contributed by atoms with Crippen LogP contribution in [0.1, 0.15) is 33.0 Å². The molecule has 4 heterocycles. The summed E-state index contributed by atoms with van der Waals surface area (Å²) >= 11 is 1.25. The number of pyridine rings is 3. The standard InChI is InChI=1S/C23H19FN4OS/c1-14-7-16(10-27-22(14)17-5-6-26-15(2)8-17)3-4-20(29)23-28-13-21(30-23)18-9-19(24)12-25-11-18/h5-13H,3-4H2,1-2H3. The van der Waals surface area contributed by atoms with Crippen molar-refractivity contribution in [3.05, 3.63) is 82.9 Å². The number of hydrogen-bond donors (Lipinski definition) is 0. The molecular weight excluding hydrogens is 399 g/mol. The van der Waals surface area contributed by atoms with E-state index in [0.29, 0.717) is 23.4 Å². The molecular formula is C23H19FN4OS. The minimum atomic E-state index is -0.415. The zero-order chi connectivity index (χ0) is 21.1. The Balaban J connectivity index is 1.44. The highest BCUT2D eigenvalue weighted by atomic mass is 32.1. The Labute approximate surface area is 177 Å². The van der Waals surface area contributed by atoms with Gasteiger partial charge in [0.1, 0.15) is 5.82 Å². The highest BCUT2D eigenvalue weighted by Gasteiger charge is 2.14. The van der Waals surface area contributed by atoms with E-state index in [1.807, 2.05) is 32.2 Å². The van der Waals surface area contributed by atoms with Crippen molar-refractivity contribution in [2.24, 2.45) is 0 Å². The van der Waals surface area contributed by atoms with E-state index in [-0.39, 0.29) is 5.78 Å². The topological polar surface area (TPSA) is 68.6 Å². The van der Waals surface area contributed by atoms with Crippen LogP contribution in [-0.2, 0) is 6.42 Å². The molecule has 0 N–H and O–H groups in total. The molecule has 0 amide bonds. The van der Waals surface area contributed by atoms with E-state index < -0.39 is 5.82 Å². The number of carbonyl (C=O) groups is 1. The Bertz CT molecular complexity index is 1220. The van der Waals surface area contributed by atoms with Crippen LogP contribution in [-0.4, -0.2) is 25.7 Å². The van der Waals surface area contributed by atoms with Gasteiger partial charge in [-0.05, 0) is 49.6 Å². The number of halogens is 1.